The van der Waals surface area contributed by atoms with Crippen molar-refractivity contribution in [2.75, 3.05) is 26.8 Å². The number of aliphatic hydroxyl groups is 1. The van der Waals surface area contributed by atoms with Crippen molar-refractivity contribution >= 4 is 0 Å². The third kappa shape index (κ3) is 6.74. The zero-order valence-corrected chi connectivity index (χ0v) is 11.5. The van der Waals surface area contributed by atoms with E-state index in [1.165, 1.54) is 5.56 Å². The van der Waals surface area contributed by atoms with Crippen molar-refractivity contribution in [3.05, 3.63) is 35.9 Å². The molecule has 0 aromatic heterocycles. The number of aryl methyl sites for hydroxylation is 1. The summed E-state index contributed by atoms with van der Waals surface area (Å²) >= 11 is 0. The number of hydrogen-bond acceptors (Lipinski definition) is 3. The molecule has 0 spiro atoms. The van der Waals surface area contributed by atoms with Crippen molar-refractivity contribution in [3.8, 4) is 0 Å². The molecule has 0 aliphatic heterocycles. The zero-order valence-electron chi connectivity index (χ0n) is 11.5. The van der Waals surface area contributed by atoms with Crippen molar-refractivity contribution in [2.24, 2.45) is 0 Å². The molecule has 0 amide bonds. The van der Waals surface area contributed by atoms with Crippen LogP contribution in [0.4, 0.5) is 0 Å². The normalized spacial score (nSPS) is 14.4. The monoisotopic (exact) mass is 251 g/mol. The van der Waals surface area contributed by atoms with E-state index in [0.29, 0.717) is 6.61 Å². The van der Waals surface area contributed by atoms with E-state index in [9.17, 15) is 5.11 Å². The molecule has 1 unspecified atom stereocenters. The maximum Gasteiger partial charge on any atom is 0.0635 e. The summed E-state index contributed by atoms with van der Waals surface area (Å²) in [5, 5.41) is 13.5. The first-order valence-electron chi connectivity index (χ1n) is 6.60. The number of rotatable bonds is 9. The second kappa shape index (κ2) is 8.25. The molecule has 1 aromatic rings. The molecular formula is C15H25NO2. The average Bonchev–Trinajstić information content (AvgIpc) is 2.38. The Hall–Kier alpha value is -0.900. The Balaban J connectivity index is 2.19. The lowest BCUT2D eigenvalue weighted by Crippen LogP contribution is -2.31. The summed E-state index contributed by atoms with van der Waals surface area (Å²) < 4.78 is 4.95. The van der Waals surface area contributed by atoms with Crippen LogP contribution in [-0.4, -0.2) is 37.5 Å². The highest BCUT2D eigenvalue weighted by Gasteiger charge is 2.19. The molecule has 3 heteroatoms. The van der Waals surface area contributed by atoms with Gasteiger partial charge in [-0.3, -0.25) is 0 Å². The second-order valence-corrected chi connectivity index (χ2v) is 4.98. The summed E-state index contributed by atoms with van der Waals surface area (Å²) in [6.07, 6.45) is 2.48. The van der Waals surface area contributed by atoms with Crippen molar-refractivity contribution in [1.82, 2.24) is 5.32 Å². The lowest BCUT2D eigenvalue weighted by atomic mass is 9.93. The average molecular weight is 251 g/mol. The molecule has 2 N–H and O–H groups in total. The molecule has 0 saturated heterocycles. The Kier molecular flexibility index (Phi) is 6.94. The summed E-state index contributed by atoms with van der Waals surface area (Å²) in [6.45, 7) is 4.29. The van der Waals surface area contributed by atoms with Gasteiger partial charge in [-0.25, -0.2) is 0 Å². The molecule has 0 radical (unpaired) electrons. The van der Waals surface area contributed by atoms with Crippen LogP contribution in [0.2, 0.25) is 0 Å². The highest BCUT2D eigenvalue weighted by molar-refractivity contribution is 5.14. The number of hydrogen-bond donors (Lipinski definition) is 2. The first-order chi connectivity index (χ1) is 8.64. The van der Waals surface area contributed by atoms with Crippen LogP contribution < -0.4 is 5.32 Å². The van der Waals surface area contributed by atoms with Gasteiger partial charge in [0.15, 0.2) is 0 Å². The van der Waals surface area contributed by atoms with Crippen LogP contribution in [0.5, 0.6) is 0 Å². The minimum Gasteiger partial charge on any atom is -0.390 e. The Morgan fingerprint density at radius 3 is 2.56 bits per heavy atom. The molecule has 0 fully saturated rings. The molecule has 0 heterocycles. The third-order valence-electron chi connectivity index (χ3n) is 3.12. The van der Waals surface area contributed by atoms with Gasteiger partial charge >= 0.3 is 0 Å². The van der Waals surface area contributed by atoms with Crippen molar-refractivity contribution in [3.63, 3.8) is 0 Å². The van der Waals surface area contributed by atoms with Crippen molar-refractivity contribution in [1.29, 1.82) is 0 Å². The molecule has 0 saturated carbocycles. The molecule has 3 nitrogen and oxygen atoms in total. The van der Waals surface area contributed by atoms with E-state index in [4.69, 9.17) is 4.74 Å². The molecule has 18 heavy (non-hydrogen) atoms. The molecule has 1 rings (SSSR count). The Morgan fingerprint density at radius 1 is 1.17 bits per heavy atom. The number of methoxy groups -OCH3 is 1. The van der Waals surface area contributed by atoms with E-state index in [-0.39, 0.29) is 0 Å². The number of ether oxygens (including phenoxy) is 1. The van der Waals surface area contributed by atoms with E-state index < -0.39 is 5.60 Å². The summed E-state index contributed by atoms with van der Waals surface area (Å²) in [4.78, 5) is 0. The maximum atomic E-state index is 10.3. The van der Waals surface area contributed by atoms with Gasteiger partial charge in [0, 0.05) is 13.7 Å². The molecule has 1 aromatic carbocycles. The first-order valence-corrected chi connectivity index (χ1v) is 6.60. The van der Waals surface area contributed by atoms with Crippen LogP contribution in [0.15, 0.2) is 30.3 Å². The highest BCUT2D eigenvalue weighted by Crippen LogP contribution is 2.17. The van der Waals surface area contributed by atoms with Crippen LogP contribution >= 0.6 is 0 Å². The van der Waals surface area contributed by atoms with Gasteiger partial charge in [-0.2, -0.15) is 0 Å². The predicted molar refractivity (Wildman–Crippen MR) is 74.7 cm³/mol. The Morgan fingerprint density at radius 2 is 1.89 bits per heavy atom. The van der Waals surface area contributed by atoms with Crippen LogP contribution in [0.25, 0.3) is 0 Å². The quantitative estimate of drug-likeness (QED) is 0.660. The number of benzene rings is 1. The number of nitrogens with one attached hydrogen (secondary N) is 1. The van der Waals surface area contributed by atoms with Crippen LogP contribution in [0.3, 0.4) is 0 Å². The first kappa shape index (κ1) is 15.2. The van der Waals surface area contributed by atoms with E-state index in [1.54, 1.807) is 7.11 Å². The molecular weight excluding hydrogens is 226 g/mol. The third-order valence-corrected chi connectivity index (χ3v) is 3.12. The van der Waals surface area contributed by atoms with Crippen molar-refractivity contribution < 1.29 is 9.84 Å². The smallest absolute Gasteiger partial charge is 0.0635 e. The fourth-order valence-corrected chi connectivity index (χ4v) is 1.84. The molecule has 0 bridgehead atoms. The van der Waals surface area contributed by atoms with Gasteiger partial charge < -0.3 is 15.2 Å². The maximum absolute atomic E-state index is 10.3. The topological polar surface area (TPSA) is 41.5 Å². The lowest BCUT2D eigenvalue weighted by molar-refractivity contribution is 0.0421. The summed E-state index contributed by atoms with van der Waals surface area (Å²) in [5.41, 5.74) is 0.681. The highest BCUT2D eigenvalue weighted by atomic mass is 16.5. The van der Waals surface area contributed by atoms with Crippen LogP contribution in [-0.2, 0) is 11.2 Å². The van der Waals surface area contributed by atoms with E-state index in [2.05, 4.69) is 17.4 Å². The van der Waals surface area contributed by atoms with E-state index >= 15 is 0 Å². The standard InChI is InChI=1S/C15H25NO2/c1-15(17,10-11-16-12-13-18-2)9-8-14-6-4-3-5-7-14/h3-7,16-17H,8-13H2,1-2H3. The minimum absolute atomic E-state index is 0.601. The summed E-state index contributed by atoms with van der Waals surface area (Å²) in [5.74, 6) is 0. The minimum atomic E-state index is -0.601. The Bertz CT molecular complexity index is 312. The molecule has 0 aliphatic carbocycles. The summed E-state index contributed by atoms with van der Waals surface area (Å²) in [6, 6.07) is 10.3. The van der Waals surface area contributed by atoms with Gasteiger partial charge in [-0.1, -0.05) is 30.3 Å². The van der Waals surface area contributed by atoms with Gasteiger partial charge in [0.1, 0.15) is 0 Å². The van der Waals surface area contributed by atoms with Gasteiger partial charge in [0.05, 0.1) is 12.2 Å². The van der Waals surface area contributed by atoms with E-state index in [0.717, 1.165) is 32.4 Å². The fraction of sp³-hybridized carbons (Fsp3) is 0.600. The predicted octanol–water partition coefficient (Wildman–Crippen LogP) is 2.00. The second-order valence-electron chi connectivity index (χ2n) is 4.98. The molecule has 1 atom stereocenters. The van der Waals surface area contributed by atoms with E-state index in [1.807, 2.05) is 25.1 Å². The molecule has 0 aliphatic rings. The Labute approximate surface area is 110 Å². The molecule has 102 valence electrons. The van der Waals surface area contributed by atoms with Gasteiger partial charge in [-0.05, 0) is 38.3 Å². The van der Waals surface area contributed by atoms with Crippen molar-refractivity contribution in [2.45, 2.75) is 31.8 Å². The summed E-state index contributed by atoms with van der Waals surface area (Å²) in [7, 11) is 1.69. The lowest BCUT2D eigenvalue weighted by Gasteiger charge is -2.23. The largest absolute Gasteiger partial charge is 0.390 e. The SMILES string of the molecule is COCCNCCC(C)(O)CCc1ccccc1. The fourth-order valence-electron chi connectivity index (χ4n) is 1.84. The zero-order chi connectivity index (χ0) is 13.3. The van der Waals surface area contributed by atoms with Crippen LogP contribution in [0, 0.1) is 0 Å². The van der Waals surface area contributed by atoms with Gasteiger partial charge in [0.25, 0.3) is 0 Å². The van der Waals surface area contributed by atoms with Gasteiger partial charge in [0.2, 0.25) is 0 Å². The van der Waals surface area contributed by atoms with Crippen LogP contribution in [0.1, 0.15) is 25.3 Å². The van der Waals surface area contributed by atoms with Gasteiger partial charge in [-0.15, -0.1) is 0 Å².